The molecule has 4 rings (SSSR count). The Morgan fingerprint density at radius 2 is 1.55 bits per heavy atom. The van der Waals surface area contributed by atoms with E-state index in [4.69, 9.17) is 31.5 Å². The monoisotopic (exact) mass is 907 g/mol. The van der Waals surface area contributed by atoms with Gasteiger partial charge in [0.2, 0.25) is 17.7 Å². The maximum absolute atomic E-state index is 13.7. The number of nitrogens with zero attached hydrogens (tertiary/aromatic N) is 2. The average molecular weight is 908 g/mol. The number of halogens is 2. The molecule has 0 bridgehead atoms. The molecule has 1 aromatic heterocycles. The average Bonchev–Trinajstić information content (AvgIpc) is 3.26. The predicted octanol–water partition coefficient (Wildman–Crippen LogP) is 5.89. The van der Waals surface area contributed by atoms with Gasteiger partial charge in [-0.15, -0.1) is 0 Å². The van der Waals surface area contributed by atoms with Crippen molar-refractivity contribution in [2.24, 2.45) is 17.6 Å². The summed E-state index contributed by atoms with van der Waals surface area (Å²) in [5, 5.41) is 17.0. The van der Waals surface area contributed by atoms with Gasteiger partial charge in [0.05, 0.1) is 24.3 Å². The van der Waals surface area contributed by atoms with Crippen LogP contribution in [-0.4, -0.2) is 84.5 Å². The molecular formula is C44H55ClFN9O9. The number of fused-ring (bicyclic) bond motifs is 1. The standard InChI is InChI=1S/C44H55ClFN9O9/c1-25(2)35(56)15-16-38(57)55-39(26(3)4)42(59)54-33(8-6-17-48-43(47)60)41(58)53-28-11-9-27(10-12-28)23-64-44(61)49-18-7-19-63-37-21-30-34(22-36(37)62-5)50-24-51-40(30)52-29-13-14-32(46)31(45)20-29/h9-14,20-22,24-26,33,39H,6-8,15-19,23H2,1-5H3,(H,49,61)(H,53,58)(H,54,59)(H,55,57)(H3,47,48,60)(H,50,51,52)/t33-,39-/m0/s1. The smallest absolute Gasteiger partial charge is 0.407 e. The molecule has 344 valence electrons. The predicted molar refractivity (Wildman–Crippen MR) is 239 cm³/mol. The summed E-state index contributed by atoms with van der Waals surface area (Å²) < 4.78 is 30.5. The molecule has 0 aliphatic carbocycles. The van der Waals surface area contributed by atoms with Crippen molar-refractivity contribution in [3.05, 3.63) is 77.3 Å². The highest BCUT2D eigenvalue weighted by molar-refractivity contribution is 6.31. The summed E-state index contributed by atoms with van der Waals surface area (Å²) in [6.45, 7) is 7.53. The maximum atomic E-state index is 13.7. The van der Waals surface area contributed by atoms with Crippen LogP contribution in [0.5, 0.6) is 11.5 Å². The Bertz CT molecular complexity index is 2260. The second-order valence-corrected chi connectivity index (χ2v) is 15.7. The van der Waals surface area contributed by atoms with Gasteiger partial charge in [-0.3, -0.25) is 19.2 Å². The van der Waals surface area contributed by atoms with Gasteiger partial charge in [-0.05, 0) is 67.1 Å². The van der Waals surface area contributed by atoms with Gasteiger partial charge in [-0.2, -0.15) is 0 Å². The van der Waals surface area contributed by atoms with E-state index in [9.17, 15) is 33.2 Å². The highest BCUT2D eigenvalue weighted by Crippen LogP contribution is 2.35. The van der Waals surface area contributed by atoms with Crippen molar-refractivity contribution < 1.29 is 47.4 Å². The van der Waals surface area contributed by atoms with Crippen molar-refractivity contribution in [3.8, 4) is 11.5 Å². The third-order valence-electron chi connectivity index (χ3n) is 9.65. The van der Waals surface area contributed by atoms with Gasteiger partial charge in [0.1, 0.15) is 42.4 Å². The number of ether oxygens (including phenoxy) is 3. The Morgan fingerprint density at radius 3 is 2.22 bits per heavy atom. The van der Waals surface area contributed by atoms with E-state index >= 15 is 0 Å². The molecule has 0 fully saturated rings. The van der Waals surface area contributed by atoms with Gasteiger partial charge in [-0.25, -0.2) is 23.9 Å². The first kappa shape index (κ1) is 49.9. The Kier molecular flexibility index (Phi) is 19.3. The fourth-order valence-electron chi connectivity index (χ4n) is 6.06. The van der Waals surface area contributed by atoms with Crippen LogP contribution in [-0.2, 0) is 30.5 Å². The summed E-state index contributed by atoms with van der Waals surface area (Å²) in [4.78, 5) is 83.8. The number of anilines is 3. The van der Waals surface area contributed by atoms with E-state index in [1.54, 1.807) is 64.1 Å². The summed E-state index contributed by atoms with van der Waals surface area (Å²) in [5.74, 6) is -1.46. The zero-order chi connectivity index (χ0) is 46.8. The van der Waals surface area contributed by atoms with Crippen LogP contribution in [0, 0.1) is 17.7 Å². The second kappa shape index (κ2) is 24.8. The van der Waals surface area contributed by atoms with Gasteiger partial charge < -0.3 is 51.8 Å². The number of urea groups is 1. The van der Waals surface area contributed by atoms with Gasteiger partial charge >= 0.3 is 12.1 Å². The number of Topliss-reactive ketones (excluding diaryl/α,β-unsaturated/α-hetero) is 1. The Labute approximate surface area is 375 Å². The number of alkyl carbamates (subject to hydrolysis) is 1. The number of nitrogens with two attached hydrogens (primary N) is 1. The fraction of sp³-hybridized carbons (Fsp3) is 0.409. The van der Waals surface area contributed by atoms with Crippen molar-refractivity contribution >= 4 is 75.3 Å². The van der Waals surface area contributed by atoms with Crippen molar-refractivity contribution in [2.45, 2.75) is 78.5 Å². The number of carbonyl (C=O) groups is 6. The lowest BCUT2D eigenvalue weighted by Gasteiger charge is -2.25. The van der Waals surface area contributed by atoms with Crippen LogP contribution in [0.2, 0.25) is 5.02 Å². The van der Waals surface area contributed by atoms with Crippen LogP contribution in [0.4, 0.5) is 31.2 Å². The lowest BCUT2D eigenvalue weighted by molar-refractivity contribution is -0.132. The minimum absolute atomic E-state index is 0.0403. The number of methoxy groups -OCH3 is 1. The number of amides is 6. The molecule has 64 heavy (non-hydrogen) atoms. The molecule has 2 atom stereocenters. The largest absolute Gasteiger partial charge is 0.493 e. The second-order valence-electron chi connectivity index (χ2n) is 15.3. The highest BCUT2D eigenvalue weighted by atomic mass is 35.5. The third kappa shape index (κ3) is 15.9. The minimum atomic E-state index is -1.05. The molecule has 0 saturated heterocycles. The van der Waals surface area contributed by atoms with Crippen LogP contribution in [0.25, 0.3) is 10.9 Å². The van der Waals surface area contributed by atoms with Gasteiger partial charge in [0, 0.05) is 54.7 Å². The molecule has 18 nitrogen and oxygen atoms in total. The molecule has 0 aliphatic rings. The molecule has 1 heterocycles. The van der Waals surface area contributed by atoms with Crippen LogP contribution in [0.1, 0.15) is 65.4 Å². The molecule has 20 heteroatoms. The summed E-state index contributed by atoms with van der Waals surface area (Å²) in [6, 6.07) is 11.4. The lowest BCUT2D eigenvalue weighted by Crippen LogP contribution is -2.54. The molecule has 6 amide bonds. The molecule has 3 aromatic carbocycles. The lowest BCUT2D eigenvalue weighted by atomic mass is 10.0. The SMILES string of the molecule is COc1cc2ncnc(Nc3ccc(F)c(Cl)c3)c2cc1OCCCNC(=O)OCc1ccc(NC(=O)[C@H](CCCNC(N)=O)NC(=O)[C@@H](NC(=O)CCC(=O)C(C)C)C(C)C)cc1. The van der Waals surface area contributed by atoms with Crippen LogP contribution in [0.15, 0.2) is 60.9 Å². The minimum Gasteiger partial charge on any atom is -0.493 e. The Balaban J connectivity index is 1.25. The first-order chi connectivity index (χ1) is 30.5. The summed E-state index contributed by atoms with van der Waals surface area (Å²) >= 11 is 5.94. The first-order valence-corrected chi connectivity index (χ1v) is 21.1. The van der Waals surface area contributed by atoms with Crippen molar-refractivity contribution in [2.75, 3.05) is 37.4 Å². The molecule has 0 aliphatic heterocycles. The zero-order valence-corrected chi connectivity index (χ0v) is 37.1. The molecule has 0 radical (unpaired) electrons. The molecule has 0 unspecified atom stereocenters. The normalized spacial score (nSPS) is 11.9. The summed E-state index contributed by atoms with van der Waals surface area (Å²) in [7, 11) is 1.50. The number of carbonyl (C=O) groups excluding carboxylic acids is 6. The quantitative estimate of drug-likeness (QED) is 0.0407. The van der Waals surface area contributed by atoms with Gasteiger partial charge in [0.15, 0.2) is 11.5 Å². The van der Waals surface area contributed by atoms with E-state index in [-0.39, 0.29) is 68.2 Å². The number of primary amides is 1. The number of rotatable bonds is 24. The Morgan fingerprint density at radius 1 is 0.828 bits per heavy atom. The van der Waals surface area contributed by atoms with E-state index in [0.717, 1.165) is 0 Å². The van der Waals surface area contributed by atoms with Crippen molar-refractivity contribution in [1.82, 2.24) is 31.2 Å². The highest BCUT2D eigenvalue weighted by Gasteiger charge is 2.29. The van der Waals surface area contributed by atoms with E-state index < -0.39 is 47.7 Å². The van der Waals surface area contributed by atoms with Crippen LogP contribution < -0.4 is 47.1 Å². The molecule has 0 saturated carbocycles. The molecule has 0 spiro atoms. The zero-order valence-electron chi connectivity index (χ0n) is 36.3. The van der Waals surface area contributed by atoms with Crippen molar-refractivity contribution in [3.63, 3.8) is 0 Å². The van der Waals surface area contributed by atoms with E-state index in [1.165, 1.54) is 31.6 Å². The number of benzene rings is 3. The third-order valence-corrected chi connectivity index (χ3v) is 9.94. The summed E-state index contributed by atoms with van der Waals surface area (Å²) in [6.07, 6.45) is 1.56. The number of hydrogen-bond donors (Lipinski definition) is 7. The number of aromatic nitrogens is 2. The van der Waals surface area contributed by atoms with Gasteiger partial charge in [-0.1, -0.05) is 51.4 Å². The van der Waals surface area contributed by atoms with Crippen LogP contribution >= 0.6 is 11.6 Å². The number of nitrogens with one attached hydrogen (secondary N) is 6. The van der Waals surface area contributed by atoms with E-state index in [1.807, 2.05) is 0 Å². The Hall–Kier alpha value is -6.76. The topological polar surface area (TPSA) is 254 Å². The number of hydrogen-bond acceptors (Lipinski definition) is 12. The van der Waals surface area contributed by atoms with E-state index in [0.29, 0.717) is 58.0 Å². The first-order valence-electron chi connectivity index (χ1n) is 20.7. The maximum Gasteiger partial charge on any atom is 0.407 e. The van der Waals surface area contributed by atoms with Crippen LogP contribution in [0.3, 0.4) is 0 Å². The van der Waals surface area contributed by atoms with Crippen molar-refractivity contribution in [1.29, 1.82) is 0 Å². The summed E-state index contributed by atoms with van der Waals surface area (Å²) in [5.41, 5.74) is 7.30. The fourth-order valence-corrected chi connectivity index (χ4v) is 6.24. The number of ketones is 1. The van der Waals surface area contributed by atoms with E-state index in [2.05, 4.69) is 41.9 Å². The van der Waals surface area contributed by atoms with Gasteiger partial charge in [0.25, 0.3) is 0 Å². The molecule has 4 aromatic rings. The molecule has 8 N–H and O–H groups in total. The molecular weight excluding hydrogens is 853 g/mol.